The molecule has 0 amide bonds. The zero-order valence-electron chi connectivity index (χ0n) is 13.2. The average molecular weight is 320 g/mol. The van der Waals surface area contributed by atoms with Gasteiger partial charge in [-0.25, -0.2) is 0 Å². The molecule has 3 heterocycles. The second-order valence-electron chi connectivity index (χ2n) is 5.97. The summed E-state index contributed by atoms with van der Waals surface area (Å²) in [6.07, 6.45) is 6.88. The third-order valence-corrected chi connectivity index (χ3v) is 4.19. The summed E-state index contributed by atoms with van der Waals surface area (Å²) in [6, 6.07) is 0.0605. The lowest BCUT2D eigenvalue weighted by molar-refractivity contribution is -0.307. The van der Waals surface area contributed by atoms with E-state index in [0.717, 1.165) is 51.9 Å². The van der Waals surface area contributed by atoms with Crippen LogP contribution < -0.4 is 19.6 Å². The fourth-order valence-corrected chi connectivity index (χ4v) is 2.99. The zero-order chi connectivity index (χ0) is 16.1. The molecule has 2 aliphatic rings. The fraction of sp³-hybridized carbons (Fsp3) is 0.733. The second-order valence-corrected chi connectivity index (χ2v) is 5.97. The molecule has 0 saturated carbocycles. The maximum absolute atomic E-state index is 10.6. The van der Waals surface area contributed by atoms with Crippen LogP contribution >= 0.6 is 0 Å². The molecule has 1 aromatic heterocycles. The van der Waals surface area contributed by atoms with Crippen LogP contribution in [0.2, 0.25) is 0 Å². The van der Waals surface area contributed by atoms with Gasteiger partial charge in [0.25, 0.3) is 0 Å². The summed E-state index contributed by atoms with van der Waals surface area (Å²) in [5.74, 6) is -0.133. The lowest BCUT2D eigenvalue weighted by Gasteiger charge is -2.30. The minimum Gasteiger partial charge on any atom is -0.546 e. The van der Waals surface area contributed by atoms with Gasteiger partial charge in [0.05, 0.1) is 5.97 Å². The molecule has 3 rings (SSSR count). The maximum Gasteiger partial charge on any atom is 0.323 e. The van der Waals surface area contributed by atoms with Crippen LogP contribution in [-0.4, -0.2) is 53.7 Å². The Morgan fingerprint density at radius 1 is 0.870 bits per heavy atom. The van der Waals surface area contributed by atoms with E-state index in [4.69, 9.17) is 4.74 Å². The Bertz CT molecular complexity index is 506. The molecule has 0 aliphatic carbocycles. The maximum atomic E-state index is 10.6. The van der Waals surface area contributed by atoms with Gasteiger partial charge in [-0.3, -0.25) is 0 Å². The van der Waals surface area contributed by atoms with Crippen LogP contribution in [-0.2, 0) is 4.79 Å². The van der Waals surface area contributed by atoms with Crippen LogP contribution in [0.1, 0.15) is 38.5 Å². The molecular formula is C15H22N5O3-. The number of aliphatic carboxylic acids is 1. The molecule has 0 radical (unpaired) electrons. The Kier molecular flexibility index (Phi) is 5.09. The number of ether oxygens (including phenoxy) is 1. The lowest BCUT2D eigenvalue weighted by Crippen LogP contribution is -2.35. The third kappa shape index (κ3) is 4.20. The van der Waals surface area contributed by atoms with Crippen molar-refractivity contribution in [3.63, 3.8) is 0 Å². The molecule has 126 valence electrons. The average Bonchev–Trinajstić information content (AvgIpc) is 2.61. The topological polar surface area (TPSA) is 94.5 Å². The quantitative estimate of drug-likeness (QED) is 0.747. The van der Waals surface area contributed by atoms with Crippen molar-refractivity contribution in [2.75, 3.05) is 42.6 Å². The first-order valence-electron chi connectivity index (χ1n) is 8.31. The first kappa shape index (κ1) is 15.8. The summed E-state index contributed by atoms with van der Waals surface area (Å²) in [4.78, 5) is 28.0. The van der Waals surface area contributed by atoms with Crippen molar-refractivity contribution in [2.24, 2.45) is 0 Å². The van der Waals surface area contributed by atoms with Crippen molar-refractivity contribution in [3.05, 3.63) is 0 Å². The minimum atomic E-state index is -1.29. The van der Waals surface area contributed by atoms with E-state index >= 15 is 0 Å². The number of rotatable bonds is 5. The third-order valence-electron chi connectivity index (χ3n) is 4.19. The van der Waals surface area contributed by atoms with E-state index in [-0.39, 0.29) is 6.01 Å². The van der Waals surface area contributed by atoms with Gasteiger partial charge < -0.3 is 24.4 Å². The van der Waals surface area contributed by atoms with Crippen LogP contribution in [0.5, 0.6) is 6.01 Å². The zero-order valence-corrected chi connectivity index (χ0v) is 13.2. The first-order chi connectivity index (χ1) is 11.2. The van der Waals surface area contributed by atoms with E-state index in [1.165, 1.54) is 12.8 Å². The molecule has 8 nitrogen and oxygen atoms in total. The largest absolute Gasteiger partial charge is 0.546 e. The predicted molar refractivity (Wildman–Crippen MR) is 82.5 cm³/mol. The van der Waals surface area contributed by atoms with Gasteiger partial charge in [0.15, 0.2) is 0 Å². The number of aromatic nitrogens is 3. The smallest absolute Gasteiger partial charge is 0.323 e. The highest BCUT2D eigenvalue weighted by Gasteiger charge is 2.20. The SMILES string of the molecule is O=C([O-])COc1nc(N2CCCCC2)nc(N2CCCCC2)n1. The summed E-state index contributed by atoms with van der Waals surface area (Å²) in [5.41, 5.74) is 0. The van der Waals surface area contributed by atoms with Crippen LogP contribution in [0, 0.1) is 0 Å². The van der Waals surface area contributed by atoms with Crippen molar-refractivity contribution in [1.29, 1.82) is 0 Å². The van der Waals surface area contributed by atoms with Crippen molar-refractivity contribution in [1.82, 2.24) is 15.0 Å². The Balaban J connectivity index is 1.83. The van der Waals surface area contributed by atoms with Crippen molar-refractivity contribution < 1.29 is 14.6 Å². The van der Waals surface area contributed by atoms with Crippen molar-refractivity contribution in [2.45, 2.75) is 38.5 Å². The summed E-state index contributed by atoms with van der Waals surface area (Å²) >= 11 is 0. The molecule has 0 atom stereocenters. The molecule has 0 spiro atoms. The van der Waals surface area contributed by atoms with Crippen LogP contribution in [0.25, 0.3) is 0 Å². The summed E-state index contributed by atoms with van der Waals surface area (Å²) in [5, 5.41) is 10.6. The van der Waals surface area contributed by atoms with E-state index < -0.39 is 12.6 Å². The number of nitrogens with zero attached hydrogens (tertiary/aromatic N) is 5. The number of carbonyl (C=O) groups excluding carboxylic acids is 1. The predicted octanol–water partition coefficient (Wildman–Crippen LogP) is -0.0191. The van der Waals surface area contributed by atoms with Gasteiger partial charge in [-0.1, -0.05) is 0 Å². The van der Waals surface area contributed by atoms with Gasteiger partial charge in [0.1, 0.15) is 6.61 Å². The van der Waals surface area contributed by atoms with E-state index in [2.05, 4.69) is 24.8 Å². The number of carbonyl (C=O) groups is 1. The molecule has 2 aliphatic heterocycles. The van der Waals surface area contributed by atoms with Gasteiger partial charge >= 0.3 is 6.01 Å². The Hall–Kier alpha value is -2.12. The number of anilines is 2. The molecular weight excluding hydrogens is 298 g/mol. The normalized spacial score (nSPS) is 18.8. The minimum absolute atomic E-state index is 0.0605. The Labute approximate surface area is 135 Å². The molecule has 0 aromatic carbocycles. The molecule has 8 heteroatoms. The Morgan fingerprint density at radius 2 is 1.35 bits per heavy atom. The van der Waals surface area contributed by atoms with Gasteiger partial charge in [0, 0.05) is 26.2 Å². The van der Waals surface area contributed by atoms with Gasteiger partial charge in [0.2, 0.25) is 11.9 Å². The molecule has 2 saturated heterocycles. The number of hydrogen-bond acceptors (Lipinski definition) is 8. The molecule has 2 fully saturated rings. The number of carboxylic acid groups (broad SMARTS) is 1. The van der Waals surface area contributed by atoms with Gasteiger partial charge in [-0.05, 0) is 38.5 Å². The number of piperidine rings is 2. The van der Waals surface area contributed by atoms with Crippen LogP contribution in [0.4, 0.5) is 11.9 Å². The van der Waals surface area contributed by atoms with Crippen molar-refractivity contribution >= 4 is 17.9 Å². The molecule has 0 N–H and O–H groups in total. The van der Waals surface area contributed by atoms with Crippen molar-refractivity contribution in [3.8, 4) is 6.01 Å². The monoisotopic (exact) mass is 320 g/mol. The number of carboxylic acids is 1. The standard InChI is InChI=1S/C15H23N5O3/c21-12(22)11-23-15-17-13(19-7-3-1-4-8-19)16-14(18-15)20-9-5-2-6-10-20/h1-11H2,(H,21,22)/p-1. The molecule has 1 aromatic rings. The summed E-state index contributed by atoms with van der Waals surface area (Å²) in [6.45, 7) is 3.07. The van der Waals surface area contributed by atoms with E-state index in [0.29, 0.717) is 11.9 Å². The van der Waals surface area contributed by atoms with Gasteiger partial charge in [-0.2, -0.15) is 15.0 Å². The Morgan fingerprint density at radius 3 is 1.78 bits per heavy atom. The second kappa shape index (κ2) is 7.43. The van der Waals surface area contributed by atoms with E-state index in [9.17, 15) is 9.90 Å². The molecule has 23 heavy (non-hydrogen) atoms. The first-order valence-corrected chi connectivity index (χ1v) is 8.31. The van der Waals surface area contributed by atoms with E-state index in [1.54, 1.807) is 0 Å². The van der Waals surface area contributed by atoms with E-state index in [1.807, 2.05) is 0 Å². The van der Waals surface area contributed by atoms with Crippen LogP contribution in [0.15, 0.2) is 0 Å². The molecule has 0 unspecified atom stereocenters. The summed E-state index contributed by atoms with van der Waals surface area (Å²) < 4.78 is 5.15. The lowest BCUT2D eigenvalue weighted by atomic mass is 10.1. The highest BCUT2D eigenvalue weighted by atomic mass is 16.5. The number of hydrogen-bond donors (Lipinski definition) is 0. The van der Waals surface area contributed by atoms with Crippen LogP contribution in [0.3, 0.4) is 0 Å². The molecule has 0 bridgehead atoms. The van der Waals surface area contributed by atoms with Gasteiger partial charge in [-0.15, -0.1) is 0 Å². The highest BCUT2D eigenvalue weighted by molar-refractivity contribution is 5.65. The highest BCUT2D eigenvalue weighted by Crippen LogP contribution is 2.23. The fourth-order valence-electron chi connectivity index (χ4n) is 2.99. The summed E-state index contributed by atoms with van der Waals surface area (Å²) in [7, 11) is 0.